The second kappa shape index (κ2) is 11.0. The first-order valence-corrected chi connectivity index (χ1v) is 10.7. The molecule has 3 aromatic rings. The van der Waals surface area contributed by atoms with E-state index in [2.05, 4.69) is 16.5 Å². The Labute approximate surface area is 201 Å². The number of hydrogen-bond acceptors (Lipinski definition) is 8. The van der Waals surface area contributed by atoms with Gasteiger partial charge < -0.3 is 14.2 Å². The van der Waals surface area contributed by atoms with Crippen LogP contribution < -0.4 is 9.47 Å². The van der Waals surface area contributed by atoms with Gasteiger partial charge in [0, 0.05) is 18.6 Å². The molecule has 0 bridgehead atoms. The first kappa shape index (κ1) is 25.0. The van der Waals surface area contributed by atoms with Gasteiger partial charge in [0.25, 0.3) is 0 Å². The number of nitrogens with zero attached hydrogens (tertiary/aromatic N) is 1. The molecule has 0 heterocycles. The fraction of sp³-hybridized carbons (Fsp3) is 0.148. The van der Waals surface area contributed by atoms with Crippen LogP contribution in [0.1, 0.15) is 18.9 Å². The molecule has 0 spiro atoms. The van der Waals surface area contributed by atoms with Gasteiger partial charge in [-0.1, -0.05) is 25.6 Å². The van der Waals surface area contributed by atoms with Crippen LogP contribution in [0.25, 0.3) is 21.5 Å². The molecule has 8 nitrogen and oxygen atoms in total. The molecule has 0 saturated carbocycles. The van der Waals surface area contributed by atoms with Crippen LogP contribution in [0.5, 0.6) is 11.5 Å². The van der Waals surface area contributed by atoms with Gasteiger partial charge in [-0.3, -0.25) is 4.79 Å². The van der Waals surface area contributed by atoms with E-state index in [4.69, 9.17) is 9.47 Å². The average Bonchev–Trinajstić information content (AvgIpc) is 2.85. The maximum absolute atomic E-state index is 12.1. The average molecular weight is 473 g/mol. The van der Waals surface area contributed by atoms with Gasteiger partial charge in [-0.2, -0.15) is 0 Å². The summed E-state index contributed by atoms with van der Waals surface area (Å²) in [5, 5.41) is 6.00. The lowest BCUT2D eigenvalue weighted by Crippen LogP contribution is -2.06. The number of esters is 2. The van der Waals surface area contributed by atoms with Crippen molar-refractivity contribution < 1.29 is 28.6 Å². The lowest BCUT2D eigenvalue weighted by molar-refractivity contribution is -0.135. The lowest BCUT2D eigenvalue weighted by Gasteiger charge is -2.13. The van der Waals surface area contributed by atoms with Crippen LogP contribution in [0.2, 0.25) is 0 Å². The summed E-state index contributed by atoms with van der Waals surface area (Å²) in [5.74, 6) is -0.871. The number of rotatable bonds is 9. The van der Waals surface area contributed by atoms with Crippen molar-refractivity contribution in [2.45, 2.75) is 20.3 Å². The van der Waals surface area contributed by atoms with E-state index in [1.165, 1.54) is 31.4 Å². The zero-order valence-corrected chi connectivity index (χ0v) is 19.5. The van der Waals surface area contributed by atoms with E-state index in [1.807, 2.05) is 31.2 Å². The van der Waals surface area contributed by atoms with E-state index in [0.717, 1.165) is 28.5 Å². The zero-order chi connectivity index (χ0) is 25.5. The number of benzene rings is 3. The summed E-state index contributed by atoms with van der Waals surface area (Å²) < 4.78 is 15.6. The highest BCUT2D eigenvalue weighted by Gasteiger charge is 2.14. The molecule has 0 amide bonds. The molecule has 3 rings (SSSR count). The summed E-state index contributed by atoms with van der Waals surface area (Å²) in [4.78, 5) is 46.3. The van der Waals surface area contributed by atoms with Crippen LogP contribution in [0.4, 0.5) is 5.69 Å². The molecule has 0 unspecified atom stereocenters. The molecule has 0 aliphatic carbocycles. The smallest absolute Gasteiger partial charge is 0.336 e. The fourth-order valence-corrected chi connectivity index (χ4v) is 3.31. The number of hydrogen-bond donors (Lipinski definition) is 0. The lowest BCUT2D eigenvalue weighted by atomic mass is 9.99. The third-order valence-electron chi connectivity index (χ3n) is 5.12. The normalized spacial score (nSPS) is 11.2. The van der Waals surface area contributed by atoms with E-state index in [-0.39, 0.29) is 17.2 Å². The van der Waals surface area contributed by atoms with Crippen LogP contribution in [0.3, 0.4) is 0 Å². The van der Waals surface area contributed by atoms with Gasteiger partial charge in [0.15, 0.2) is 17.2 Å². The highest BCUT2D eigenvalue weighted by molar-refractivity contribution is 6.10. The minimum atomic E-state index is -0.871. The monoisotopic (exact) mass is 473 g/mol. The van der Waals surface area contributed by atoms with Crippen LogP contribution in [-0.2, 0) is 19.1 Å². The van der Waals surface area contributed by atoms with E-state index >= 15 is 0 Å². The predicted octanol–water partition coefficient (Wildman–Crippen LogP) is 5.76. The maximum atomic E-state index is 12.1. The van der Waals surface area contributed by atoms with Gasteiger partial charge >= 0.3 is 11.9 Å². The topological polar surface area (TPSA) is 108 Å². The van der Waals surface area contributed by atoms with Gasteiger partial charge in [-0.25, -0.2) is 9.59 Å². The van der Waals surface area contributed by atoms with Crippen molar-refractivity contribution in [3.63, 3.8) is 0 Å². The molecule has 0 aliphatic rings. The molecule has 0 atom stereocenters. The molecule has 35 heavy (non-hydrogen) atoms. The quantitative estimate of drug-likeness (QED) is 0.0739. The standard InChI is InChI=1S/C27H23NO7/c1-5-20(29)9-6-17(3)34-24-14-21-18(12-16(24)2)7-8-19-13-23(28-32)25(15-22(19)21)35-27(31)11-10-26(30)33-4/h6-15H,3,5H2,1-2,4H3/b9-6-,11-10-. The Bertz CT molecular complexity index is 1420. The number of fused-ring (bicyclic) bond motifs is 3. The molecule has 0 aromatic heterocycles. The SMILES string of the molecule is C=C(/C=C\C(=O)CC)Oc1cc2c(ccc3cc(N=O)c(OC(=O)/C=C\C(=O)OC)cc32)cc1C. The molecule has 8 heteroatoms. The molecule has 0 radical (unpaired) electrons. The number of ketones is 1. The van der Waals surface area contributed by atoms with E-state index in [0.29, 0.717) is 28.7 Å². The summed E-state index contributed by atoms with van der Waals surface area (Å²) in [6.07, 6.45) is 5.12. The van der Waals surface area contributed by atoms with Crippen molar-refractivity contribution in [1.82, 2.24) is 0 Å². The largest absolute Gasteiger partial charge is 0.466 e. The van der Waals surface area contributed by atoms with Gasteiger partial charge in [-0.15, -0.1) is 4.91 Å². The van der Waals surface area contributed by atoms with E-state index < -0.39 is 11.9 Å². The first-order valence-electron chi connectivity index (χ1n) is 10.7. The second-order valence-electron chi connectivity index (χ2n) is 7.54. The maximum Gasteiger partial charge on any atom is 0.336 e. The molecule has 0 aliphatic heterocycles. The van der Waals surface area contributed by atoms with Crippen molar-refractivity contribution in [2.75, 3.05) is 7.11 Å². The molecular formula is C27H23NO7. The summed E-state index contributed by atoms with van der Waals surface area (Å²) in [7, 11) is 1.18. The molecule has 178 valence electrons. The highest BCUT2D eigenvalue weighted by Crippen LogP contribution is 2.38. The number of aryl methyl sites for hydroxylation is 1. The number of carbonyl (C=O) groups is 3. The Morgan fingerprint density at radius 2 is 1.51 bits per heavy atom. The third-order valence-corrected chi connectivity index (χ3v) is 5.12. The number of ether oxygens (including phenoxy) is 3. The molecule has 3 aromatic carbocycles. The molecule has 0 saturated heterocycles. The first-order chi connectivity index (χ1) is 16.7. The Morgan fingerprint density at radius 3 is 2.14 bits per heavy atom. The second-order valence-corrected chi connectivity index (χ2v) is 7.54. The Morgan fingerprint density at radius 1 is 0.886 bits per heavy atom. The highest BCUT2D eigenvalue weighted by atomic mass is 16.5. The Balaban J connectivity index is 2.05. The van der Waals surface area contributed by atoms with Gasteiger partial charge in [0.05, 0.1) is 7.11 Å². The molecule has 0 N–H and O–H groups in total. The van der Waals surface area contributed by atoms with E-state index in [9.17, 15) is 19.3 Å². The molecular weight excluding hydrogens is 450 g/mol. The van der Waals surface area contributed by atoms with Crippen LogP contribution in [0, 0.1) is 11.8 Å². The zero-order valence-electron chi connectivity index (χ0n) is 19.5. The van der Waals surface area contributed by atoms with Crippen molar-refractivity contribution >= 4 is 45.0 Å². The summed E-state index contributed by atoms with van der Waals surface area (Å²) in [6.45, 7) is 7.49. The predicted molar refractivity (Wildman–Crippen MR) is 133 cm³/mol. The van der Waals surface area contributed by atoms with Gasteiger partial charge in [0.1, 0.15) is 11.5 Å². The number of carbonyl (C=O) groups excluding carboxylic acids is 3. The Kier molecular flexibility index (Phi) is 7.88. The van der Waals surface area contributed by atoms with Crippen molar-refractivity contribution in [2.24, 2.45) is 5.18 Å². The van der Waals surface area contributed by atoms with Crippen LogP contribution in [-0.4, -0.2) is 24.8 Å². The minimum absolute atomic E-state index is 0.0425. The minimum Gasteiger partial charge on any atom is -0.466 e. The molecule has 0 fully saturated rings. The van der Waals surface area contributed by atoms with Crippen LogP contribution in [0.15, 0.2) is 78.2 Å². The fourth-order valence-electron chi connectivity index (χ4n) is 3.31. The Hall–Kier alpha value is -4.59. The van der Waals surface area contributed by atoms with Crippen LogP contribution >= 0.6 is 0 Å². The number of allylic oxidation sites excluding steroid dienone is 2. The summed E-state index contributed by atoms with van der Waals surface area (Å²) >= 11 is 0. The number of nitroso groups, excluding NO2 is 1. The van der Waals surface area contributed by atoms with E-state index in [1.54, 1.807) is 6.92 Å². The summed E-state index contributed by atoms with van der Waals surface area (Å²) in [5.41, 5.74) is 0.776. The number of methoxy groups -OCH3 is 1. The van der Waals surface area contributed by atoms with Gasteiger partial charge in [-0.05, 0) is 75.6 Å². The summed E-state index contributed by atoms with van der Waals surface area (Å²) in [6, 6.07) is 10.5. The van der Waals surface area contributed by atoms with Crippen molar-refractivity contribution in [3.8, 4) is 11.5 Å². The van der Waals surface area contributed by atoms with Crippen molar-refractivity contribution in [1.29, 1.82) is 0 Å². The van der Waals surface area contributed by atoms with Crippen molar-refractivity contribution in [3.05, 3.63) is 83.5 Å². The third kappa shape index (κ3) is 6.05. The van der Waals surface area contributed by atoms with Gasteiger partial charge in [0.2, 0.25) is 0 Å².